The first kappa shape index (κ1) is 16.6. The summed E-state index contributed by atoms with van der Waals surface area (Å²) in [6, 6.07) is 10.4. The first-order chi connectivity index (χ1) is 12.8. The number of nitrogens with zero attached hydrogens (tertiary/aromatic N) is 3. The number of benzene rings is 1. The second-order valence-corrected chi connectivity index (χ2v) is 6.31. The second kappa shape index (κ2) is 7.16. The van der Waals surface area contributed by atoms with Gasteiger partial charge in [0.15, 0.2) is 0 Å². The van der Waals surface area contributed by atoms with Crippen LogP contribution in [-0.2, 0) is 11.3 Å². The number of pyridine rings is 1. The summed E-state index contributed by atoms with van der Waals surface area (Å²) >= 11 is 0. The normalized spacial score (nSPS) is 15.1. The van der Waals surface area contributed by atoms with Gasteiger partial charge in [-0.1, -0.05) is 12.1 Å². The van der Waals surface area contributed by atoms with E-state index in [2.05, 4.69) is 33.1 Å². The van der Waals surface area contributed by atoms with Crippen molar-refractivity contribution in [1.29, 1.82) is 5.26 Å². The molecule has 4 rings (SSSR count). The third-order valence-electron chi connectivity index (χ3n) is 4.79. The summed E-state index contributed by atoms with van der Waals surface area (Å²) in [6.45, 7) is 4.27. The molecule has 0 atom stereocenters. The first-order valence-electron chi connectivity index (χ1n) is 8.63. The number of nitriles is 1. The zero-order chi connectivity index (χ0) is 17.9. The average Bonchev–Trinajstić information content (AvgIpc) is 3.12. The summed E-state index contributed by atoms with van der Waals surface area (Å²) < 4.78 is 11.1. The fourth-order valence-electron chi connectivity index (χ4n) is 3.43. The molecule has 0 unspecified atom stereocenters. The highest BCUT2D eigenvalue weighted by atomic mass is 16.5. The molecule has 1 N–H and O–H groups in total. The molecule has 1 aromatic carbocycles. The quantitative estimate of drug-likeness (QED) is 0.785. The van der Waals surface area contributed by atoms with E-state index in [-0.39, 0.29) is 0 Å². The van der Waals surface area contributed by atoms with E-state index in [1.54, 1.807) is 19.5 Å². The smallest absolute Gasteiger partial charge is 0.139 e. The largest absolute Gasteiger partial charge is 0.496 e. The minimum atomic E-state index is 0.597. The average molecular weight is 348 g/mol. The molecule has 0 radical (unpaired) electrons. The Morgan fingerprint density at radius 3 is 2.92 bits per heavy atom. The van der Waals surface area contributed by atoms with Gasteiger partial charge in [-0.05, 0) is 23.3 Å². The van der Waals surface area contributed by atoms with E-state index < -0.39 is 0 Å². The van der Waals surface area contributed by atoms with Gasteiger partial charge < -0.3 is 14.5 Å². The third kappa shape index (κ3) is 3.03. The Bertz CT molecular complexity index is 968. The van der Waals surface area contributed by atoms with Crippen molar-refractivity contribution in [1.82, 2.24) is 14.9 Å². The van der Waals surface area contributed by atoms with Gasteiger partial charge >= 0.3 is 0 Å². The molecule has 0 saturated carbocycles. The molecule has 0 amide bonds. The molecule has 1 fully saturated rings. The van der Waals surface area contributed by atoms with Crippen LogP contribution in [0.1, 0.15) is 11.1 Å². The molecule has 1 saturated heterocycles. The molecular weight excluding hydrogens is 328 g/mol. The highest BCUT2D eigenvalue weighted by molar-refractivity contribution is 5.97. The lowest BCUT2D eigenvalue weighted by atomic mass is 9.99. The Morgan fingerprint density at radius 1 is 1.31 bits per heavy atom. The number of aromatic nitrogens is 2. The maximum atomic E-state index is 9.38. The van der Waals surface area contributed by atoms with Crippen LogP contribution in [0.4, 0.5) is 0 Å². The topological polar surface area (TPSA) is 74.2 Å². The Labute approximate surface area is 152 Å². The SMILES string of the molecule is COc1cc(-c2ccnc3[nH]cc(C#N)c23)ccc1CN1CCOCC1. The Balaban J connectivity index is 1.72. The minimum Gasteiger partial charge on any atom is -0.496 e. The molecule has 0 bridgehead atoms. The standard InChI is InChI=1S/C20H20N4O2/c1-25-18-10-14(2-3-15(18)13-24-6-8-26-9-7-24)17-4-5-22-20-19(17)16(11-21)12-23-20/h2-5,10,12H,6-9,13H2,1H3,(H,22,23). The van der Waals surface area contributed by atoms with Gasteiger partial charge in [-0.2, -0.15) is 5.26 Å². The summed E-state index contributed by atoms with van der Waals surface area (Å²) in [5.74, 6) is 0.855. The van der Waals surface area contributed by atoms with Crippen LogP contribution in [-0.4, -0.2) is 48.3 Å². The first-order valence-corrected chi connectivity index (χ1v) is 8.63. The van der Waals surface area contributed by atoms with Crippen molar-refractivity contribution in [2.45, 2.75) is 6.54 Å². The highest BCUT2D eigenvalue weighted by Crippen LogP contribution is 2.33. The van der Waals surface area contributed by atoms with Gasteiger partial charge in [-0.3, -0.25) is 4.90 Å². The van der Waals surface area contributed by atoms with Gasteiger partial charge in [-0.15, -0.1) is 0 Å². The summed E-state index contributed by atoms with van der Waals surface area (Å²) in [4.78, 5) is 9.74. The molecule has 6 nitrogen and oxygen atoms in total. The minimum absolute atomic E-state index is 0.597. The Hall–Kier alpha value is -2.88. The van der Waals surface area contributed by atoms with Crippen LogP contribution in [0.5, 0.6) is 5.75 Å². The molecule has 3 heterocycles. The van der Waals surface area contributed by atoms with Crippen molar-refractivity contribution in [2.75, 3.05) is 33.4 Å². The van der Waals surface area contributed by atoms with Crippen molar-refractivity contribution in [3.63, 3.8) is 0 Å². The summed E-state index contributed by atoms with van der Waals surface area (Å²) in [6.07, 6.45) is 3.45. The van der Waals surface area contributed by atoms with E-state index in [0.717, 1.165) is 66.3 Å². The third-order valence-corrected chi connectivity index (χ3v) is 4.79. The van der Waals surface area contributed by atoms with Gasteiger partial charge in [0.25, 0.3) is 0 Å². The van der Waals surface area contributed by atoms with Gasteiger partial charge in [0, 0.05) is 43.0 Å². The number of fused-ring (bicyclic) bond motifs is 1. The van der Waals surface area contributed by atoms with Crippen LogP contribution < -0.4 is 4.74 Å². The summed E-state index contributed by atoms with van der Waals surface area (Å²) in [5.41, 5.74) is 4.45. The molecule has 1 aliphatic rings. The number of rotatable bonds is 4. The lowest BCUT2D eigenvalue weighted by Gasteiger charge is -2.27. The predicted molar refractivity (Wildman–Crippen MR) is 98.9 cm³/mol. The van der Waals surface area contributed by atoms with Crippen LogP contribution in [0.25, 0.3) is 22.2 Å². The molecular formula is C20H20N4O2. The van der Waals surface area contributed by atoms with Crippen LogP contribution in [0.2, 0.25) is 0 Å². The second-order valence-electron chi connectivity index (χ2n) is 6.31. The van der Waals surface area contributed by atoms with Crippen molar-refractivity contribution in [3.8, 4) is 22.9 Å². The lowest BCUT2D eigenvalue weighted by molar-refractivity contribution is 0.0339. The summed E-state index contributed by atoms with van der Waals surface area (Å²) in [5, 5.41) is 10.2. The number of hydrogen-bond donors (Lipinski definition) is 1. The molecule has 132 valence electrons. The predicted octanol–water partition coefficient (Wildman–Crippen LogP) is 2.94. The van der Waals surface area contributed by atoms with E-state index in [4.69, 9.17) is 9.47 Å². The molecule has 1 aliphatic heterocycles. The van der Waals surface area contributed by atoms with Crippen LogP contribution >= 0.6 is 0 Å². The van der Waals surface area contributed by atoms with Crippen LogP contribution in [0.15, 0.2) is 36.7 Å². The van der Waals surface area contributed by atoms with Crippen molar-refractivity contribution < 1.29 is 9.47 Å². The zero-order valence-corrected chi connectivity index (χ0v) is 14.7. The molecule has 3 aromatic rings. The van der Waals surface area contributed by atoms with Gasteiger partial charge in [0.05, 0.1) is 25.9 Å². The van der Waals surface area contributed by atoms with Crippen LogP contribution in [0.3, 0.4) is 0 Å². The van der Waals surface area contributed by atoms with E-state index in [9.17, 15) is 5.26 Å². The number of nitrogens with one attached hydrogen (secondary N) is 1. The lowest BCUT2D eigenvalue weighted by Crippen LogP contribution is -2.35. The number of H-pyrrole nitrogens is 1. The van der Waals surface area contributed by atoms with Gasteiger partial charge in [-0.25, -0.2) is 4.98 Å². The number of aromatic amines is 1. The van der Waals surface area contributed by atoms with Gasteiger partial charge in [0.1, 0.15) is 17.5 Å². The molecule has 0 aliphatic carbocycles. The van der Waals surface area contributed by atoms with E-state index in [1.807, 2.05) is 12.1 Å². The Morgan fingerprint density at radius 2 is 2.15 bits per heavy atom. The maximum absolute atomic E-state index is 9.38. The molecule has 2 aromatic heterocycles. The monoisotopic (exact) mass is 348 g/mol. The zero-order valence-electron chi connectivity index (χ0n) is 14.7. The number of ether oxygens (including phenoxy) is 2. The fourth-order valence-corrected chi connectivity index (χ4v) is 3.43. The molecule has 6 heteroatoms. The maximum Gasteiger partial charge on any atom is 0.139 e. The highest BCUT2D eigenvalue weighted by Gasteiger charge is 2.16. The van der Waals surface area contributed by atoms with Crippen LogP contribution in [0, 0.1) is 11.3 Å². The van der Waals surface area contributed by atoms with E-state index in [0.29, 0.717) is 5.56 Å². The van der Waals surface area contributed by atoms with Crippen molar-refractivity contribution >= 4 is 11.0 Å². The fraction of sp³-hybridized carbons (Fsp3) is 0.300. The summed E-state index contributed by atoms with van der Waals surface area (Å²) in [7, 11) is 1.70. The van der Waals surface area contributed by atoms with Gasteiger partial charge in [0.2, 0.25) is 0 Å². The number of methoxy groups -OCH3 is 1. The van der Waals surface area contributed by atoms with Crippen molar-refractivity contribution in [2.24, 2.45) is 0 Å². The van der Waals surface area contributed by atoms with Crippen molar-refractivity contribution in [3.05, 3.63) is 47.8 Å². The molecule has 0 spiro atoms. The molecule has 26 heavy (non-hydrogen) atoms. The Kier molecular flexibility index (Phi) is 4.57. The number of hydrogen-bond acceptors (Lipinski definition) is 5. The van der Waals surface area contributed by atoms with E-state index in [1.165, 1.54) is 0 Å². The number of morpholine rings is 1. The van der Waals surface area contributed by atoms with E-state index >= 15 is 0 Å².